The number of carbonyl (C=O) groups is 1. The minimum atomic E-state index is -0.269. The van der Waals surface area contributed by atoms with Crippen molar-refractivity contribution in [3.05, 3.63) is 29.3 Å². The molecule has 0 spiro atoms. The molecule has 1 rings (SSSR count). The SMILES string of the molecule is CC(=O)Oc1cc(C(C)C)ccc1C. The van der Waals surface area contributed by atoms with Gasteiger partial charge in [0.2, 0.25) is 0 Å². The molecule has 0 unspecified atom stereocenters. The lowest BCUT2D eigenvalue weighted by atomic mass is 10.0. The van der Waals surface area contributed by atoms with Crippen LogP contribution in [0.15, 0.2) is 18.2 Å². The van der Waals surface area contributed by atoms with Crippen LogP contribution in [0.2, 0.25) is 0 Å². The predicted octanol–water partition coefficient (Wildman–Crippen LogP) is 3.04. The first-order valence-electron chi connectivity index (χ1n) is 4.79. The summed E-state index contributed by atoms with van der Waals surface area (Å²) < 4.78 is 5.10. The summed E-state index contributed by atoms with van der Waals surface area (Å²) in [5.41, 5.74) is 2.18. The average molecular weight is 192 g/mol. The Balaban J connectivity index is 3.02. The maximum atomic E-state index is 10.8. The fraction of sp³-hybridized carbons (Fsp3) is 0.417. The van der Waals surface area contributed by atoms with Crippen LogP contribution in [0.1, 0.15) is 37.8 Å². The molecule has 0 aromatic heterocycles. The quantitative estimate of drug-likeness (QED) is 0.531. The molecule has 0 atom stereocenters. The zero-order chi connectivity index (χ0) is 10.7. The summed E-state index contributed by atoms with van der Waals surface area (Å²) in [5.74, 6) is 0.850. The summed E-state index contributed by atoms with van der Waals surface area (Å²) in [4.78, 5) is 10.8. The number of ether oxygens (including phenoxy) is 1. The lowest BCUT2D eigenvalue weighted by molar-refractivity contribution is -0.131. The number of aryl methyl sites for hydroxylation is 1. The van der Waals surface area contributed by atoms with E-state index in [2.05, 4.69) is 19.9 Å². The lowest BCUT2D eigenvalue weighted by Gasteiger charge is -2.10. The van der Waals surface area contributed by atoms with Gasteiger partial charge in [0.05, 0.1) is 0 Å². The van der Waals surface area contributed by atoms with Crippen molar-refractivity contribution in [3.63, 3.8) is 0 Å². The van der Waals surface area contributed by atoms with E-state index in [1.165, 1.54) is 12.5 Å². The number of esters is 1. The van der Waals surface area contributed by atoms with E-state index in [-0.39, 0.29) is 5.97 Å². The Morgan fingerprint density at radius 1 is 1.36 bits per heavy atom. The van der Waals surface area contributed by atoms with E-state index >= 15 is 0 Å². The molecule has 14 heavy (non-hydrogen) atoms. The minimum Gasteiger partial charge on any atom is -0.426 e. The molecule has 0 heterocycles. The van der Waals surface area contributed by atoms with Crippen LogP contribution < -0.4 is 4.74 Å². The number of benzene rings is 1. The Morgan fingerprint density at radius 3 is 2.50 bits per heavy atom. The second-order valence-electron chi connectivity index (χ2n) is 3.77. The fourth-order valence-corrected chi connectivity index (χ4v) is 1.24. The summed E-state index contributed by atoms with van der Waals surface area (Å²) in [6.45, 7) is 7.58. The van der Waals surface area contributed by atoms with Gasteiger partial charge in [0, 0.05) is 6.92 Å². The largest absolute Gasteiger partial charge is 0.426 e. The van der Waals surface area contributed by atoms with Crippen molar-refractivity contribution in [2.24, 2.45) is 0 Å². The average Bonchev–Trinajstić information content (AvgIpc) is 2.07. The third kappa shape index (κ3) is 2.59. The summed E-state index contributed by atoms with van der Waals surface area (Å²) >= 11 is 0. The second-order valence-corrected chi connectivity index (χ2v) is 3.77. The number of rotatable bonds is 2. The van der Waals surface area contributed by atoms with Crippen molar-refractivity contribution in [2.75, 3.05) is 0 Å². The van der Waals surface area contributed by atoms with E-state index in [1.807, 2.05) is 19.1 Å². The molecule has 0 saturated carbocycles. The van der Waals surface area contributed by atoms with E-state index in [9.17, 15) is 4.79 Å². The van der Waals surface area contributed by atoms with Crippen molar-refractivity contribution in [1.82, 2.24) is 0 Å². The summed E-state index contributed by atoms with van der Waals surface area (Å²) in [6.07, 6.45) is 0. The Kier molecular flexibility index (Phi) is 3.28. The smallest absolute Gasteiger partial charge is 0.308 e. The molecule has 0 saturated heterocycles. The molecular formula is C12H16O2. The Labute approximate surface area is 84.9 Å². The van der Waals surface area contributed by atoms with Gasteiger partial charge in [0.1, 0.15) is 5.75 Å². The molecule has 0 aliphatic carbocycles. The molecule has 0 aliphatic rings. The zero-order valence-electron chi connectivity index (χ0n) is 9.13. The standard InChI is InChI=1S/C12H16O2/c1-8(2)11-6-5-9(3)12(7-11)14-10(4)13/h5-8H,1-4H3. The van der Waals surface area contributed by atoms with Crippen LogP contribution in [0, 0.1) is 6.92 Å². The van der Waals surface area contributed by atoms with Crippen LogP contribution in [0.4, 0.5) is 0 Å². The van der Waals surface area contributed by atoms with Gasteiger partial charge >= 0.3 is 5.97 Å². The molecule has 1 aromatic rings. The molecule has 0 bridgehead atoms. The highest BCUT2D eigenvalue weighted by Gasteiger charge is 2.06. The minimum absolute atomic E-state index is 0.269. The van der Waals surface area contributed by atoms with Gasteiger partial charge < -0.3 is 4.74 Å². The third-order valence-corrected chi connectivity index (χ3v) is 2.13. The maximum Gasteiger partial charge on any atom is 0.308 e. The molecule has 2 nitrogen and oxygen atoms in total. The molecular weight excluding hydrogens is 176 g/mol. The van der Waals surface area contributed by atoms with E-state index in [4.69, 9.17) is 4.74 Å². The van der Waals surface area contributed by atoms with Crippen LogP contribution in [0.5, 0.6) is 5.75 Å². The van der Waals surface area contributed by atoms with Gasteiger partial charge in [-0.2, -0.15) is 0 Å². The summed E-state index contributed by atoms with van der Waals surface area (Å²) in [6, 6.07) is 5.97. The van der Waals surface area contributed by atoms with E-state index in [1.54, 1.807) is 0 Å². The van der Waals surface area contributed by atoms with Crippen LogP contribution in [-0.2, 0) is 4.79 Å². The number of hydrogen-bond donors (Lipinski definition) is 0. The Morgan fingerprint density at radius 2 is 2.00 bits per heavy atom. The van der Waals surface area contributed by atoms with Gasteiger partial charge in [0.25, 0.3) is 0 Å². The van der Waals surface area contributed by atoms with Crippen molar-refractivity contribution < 1.29 is 9.53 Å². The Hall–Kier alpha value is -1.31. The van der Waals surface area contributed by atoms with Crippen LogP contribution >= 0.6 is 0 Å². The topological polar surface area (TPSA) is 26.3 Å². The summed E-state index contributed by atoms with van der Waals surface area (Å²) in [5, 5.41) is 0. The molecule has 76 valence electrons. The van der Waals surface area contributed by atoms with E-state index < -0.39 is 0 Å². The highest BCUT2D eigenvalue weighted by Crippen LogP contribution is 2.24. The van der Waals surface area contributed by atoms with Crippen molar-refractivity contribution in [3.8, 4) is 5.75 Å². The fourth-order valence-electron chi connectivity index (χ4n) is 1.24. The van der Waals surface area contributed by atoms with E-state index in [0.29, 0.717) is 11.7 Å². The first-order valence-corrected chi connectivity index (χ1v) is 4.79. The van der Waals surface area contributed by atoms with Gasteiger partial charge in [-0.15, -0.1) is 0 Å². The Bertz CT molecular complexity index is 340. The summed E-state index contributed by atoms with van der Waals surface area (Å²) in [7, 11) is 0. The van der Waals surface area contributed by atoms with Gasteiger partial charge in [-0.05, 0) is 30.0 Å². The van der Waals surface area contributed by atoms with Crippen molar-refractivity contribution >= 4 is 5.97 Å². The van der Waals surface area contributed by atoms with E-state index in [0.717, 1.165) is 5.56 Å². The van der Waals surface area contributed by atoms with Crippen molar-refractivity contribution in [2.45, 2.75) is 33.6 Å². The molecule has 2 heteroatoms. The first kappa shape index (κ1) is 10.8. The number of hydrogen-bond acceptors (Lipinski definition) is 2. The van der Waals surface area contributed by atoms with Gasteiger partial charge in [-0.3, -0.25) is 4.79 Å². The van der Waals surface area contributed by atoms with Crippen molar-refractivity contribution in [1.29, 1.82) is 0 Å². The second kappa shape index (κ2) is 4.27. The molecule has 0 radical (unpaired) electrons. The van der Waals surface area contributed by atoms with Crippen LogP contribution in [-0.4, -0.2) is 5.97 Å². The van der Waals surface area contributed by atoms with Crippen LogP contribution in [0.3, 0.4) is 0 Å². The van der Waals surface area contributed by atoms with Gasteiger partial charge in [-0.25, -0.2) is 0 Å². The van der Waals surface area contributed by atoms with Gasteiger partial charge in [-0.1, -0.05) is 26.0 Å². The highest BCUT2D eigenvalue weighted by atomic mass is 16.5. The lowest BCUT2D eigenvalue weighted by Crippen LogP contribution is -2.03. The highest BCUT2D eigenvalue weighted by molar-refractivity contribution is 5.69. The molecule has 0 aliphatic heterocycles. The first-order chi connectivity index (χ1) is 6.50. The predicted molar refractivity (Wildman–Crippen MR) is 56.6 cm³/mol. The normalized spacial score (nSPS) is 10.4. The molecule has 0 amide bonds. The van der Waals surface area contributed by atoms with Crippen LogP contribution in [0.25, 0.3) is 0 Å². The maximum absolute atomic E-state index is 10.8. The third-order valence-electron chi connectivity index (χ3n) is 2.13. The number of carbonyl (C=O) groups excluding carboxylic acids is 1. The molecule has 0 fully saturated rings. The molecule has 0 N–H and O–H groups in total. The molecule has 1 aromatic carbocycles. The zero-order valence-corrected chi connectivity index (χ0v) is 9.13. The van der Waals surface area contributed by atoms with Gasteiger partial charge in [0.15, 0.2) is 0 Å². The monoisotopic (exact) mass is 192 g/mol.